The molecule has 0 aliphatic rings. The molecular formula is C14H12ClN3O2. The van der Waals surface area contributed by atoms with Crippen LogP contribution in [-0.4, -0.2) is 11.9 Å². The van der Waals surface area contributed by atoms with E-state index in [1.807, 2.05) is 0 Å². The Kier molecular flexibility index (Phi) is 4.22. The third-order valence-corrected chi connectivity index (χ3v) is 2.79. The van der Waals surface area contributed by atoms with Gasteiger partial charge in [-0.15, -0.1) is 0 Å². The van der Waals surface area contributed by atoms with Gasteiger partial charge in [0.05, 0.1) is 5.56 Å². The van der Waals surface area contributed by atoms with Gasteiger partial charge < -0.3 is 11.1 Å². The molecule has 0 fully saturated rings. The molecule has 0 saturated carbocycles. The van der Waals surface area contributed by atoms with Gasteiger partial charge in [0, 0.05) is 16.4 Å². The van der Waals surface area contributed by atoms with Gasteiger partial charge in [-0.3, -0.25) is 10.1 Å². The molecule has 0 aromatic heterocycles. The van der Waals surface area contributed by atoms with Crippen LogP contribution >= 0.6 is 11.6 Å². The highest BCUT2D eigenvalue weighted by Gasteiger charge is 2.12. The van der Waals surface area contributed by atoms with E-state index < -0.39 is 11.9 Å². The van der Waals surface area contributed by atoms with Crippen molar-refractivity contribution in [3.63, 3.8) is 0 Å². The third-order valence-electron chi connectivity index (χ3n) is 2.53. The monoisotopic (exact) mass is 289 g/mol. The van der Waals surface area contributed by atoms with Crippen LogP contribution in [0, 0.1) is 0 Å². The van der Waals surface area contributed by atoms with Crippen LogP contribution in [0.1, 0.15) is 10.4 Å². The van der Waals surface area contributed by atoms with Crippen molar-refractivity contribution in [2.45, 2.75) is 0 Å². The first kappa shape index (κ1) is 13.9. The number of hydrogen-bond donors (Lipinski definition) is 3. The second-order valence-corrected chi connectivity index (χ2v) is 4.44. The number of rotatable bonds is 2. The zero-order valence-corrected chi connectivity index (χ0v) is 11.1. The number of imide groups is 1. The normalized spacial score (nSPS) is 9.85. The Morgan fingerprint density at radius 2 is 1.65 bits per heavy atom. The zero-order valence-electron chi connectivity index (χ0n) is 10.4. The Balaban J connectivity index is 2.00. The molecule has 0 aliphatic carbocycles. The average Bonchev–Trinajstić information content (AvgIpc) is 2.41. The van der Waals surface area contributed by atoms with Crippen LogP contribution in [0.3, 0.4) is 0 Å². The van der Waals surface area contributed by atoms with E-state index in [9.17, 15) is 9.59 Å². The number of nitrogen functional groups attached to an aromatic ring is 1. The third kappa shape index (κ3) is 3.49. The first-order valence-electron chi connectivity index (χ1n) is 5.78. The SMILES string of the molecule is Nc1ccccc1C(=O)NC(=O)Nc1ccc(Cl)cc1. The molecule has 102 valence electrons. The van der Waals surface area contributed by atoms with E-state index in [1.165, 1.54) is 0 Å². The van der Waals surface area contributed by atoms with Crippen molar-refractivity contribution < 1.29 is 9.59 Å². The Bertz CT molecular complexity index is 641. The molecule has 2 aromatic carbocycles. The van der Waals surface area contributed by atoms with Gasteiger partial charge in [0.15, 0.2) is 0 Å². The van der Waals surface area contributed by atoms with Gasteiger partial charge in [-0.05, 0) is 36.4 Å². The number of hydrogen-bond acceptors (Lipinski definition) is 3. The Hall–Kier alpha value is -2.53. The maximum absolute atomic E-state index is 11.8. The largest absolute Gasteiger partial charge is 0.398 e. The second kappa shape index (κ2) is 6.08. The molecule has 0 spiro atoms. The number of nitrogens with two attached hydrogens (primary N) is 1. The number of para-hydroxylation sites is 1. The summed E-state index contributed by atoms with van der Waals surface area (Å²) in [7, 11) is 0. The molecule has 0 atom stereocenters. The fraction of sp³-hybridized carbons (Fsp3) is 0. The lowest BCUT2D eigenvalue weighted by Crippen LogP contribution is -2.34. The highest BCUT2D eigenvalue weighted by Crippen LogP contribution is 2.13. The predicted molar refractivity (Wildman–Crippen MR) is 78.8 cm³/mol. The topological polar surface area (TPSA) is 84.2 Å². The molecule has 2 aromatic rings. The van der Waals surface area contributed by atoms with Crippen molar-refractivity contribution in [3.05, 3.63) is 59.1 Å². The summed E-state index contributed by atoms with van der Waals surface area (Å²) in [6.07, 6.45) is 0. The van der Waals surface area contributed by atoms with Crippen LogP contribution in [0.4, 0.5) is 16.2 Å². The molecule has 20 heavy (non-hydrogen) atoms. The molecular weight excluding hydrogens is 278 g/mol. The minimum absolute atomic E-state index is 0.249. The van der Waals surface area contributed by atoms with Crippen LogP contribution in [-0.2, 0) is 0 Å². The molecule has 5 nitrogen and oxygen atoms in total. The summed E-state index contributed by atoms with van der Waals surface area (Å²) < 4.78 is 0. The molecule has 2 rings (SSSR count). The van der Waals surface area contributed by atoms with Crippen molar-refractivity contribution in [2.75, 3.05) is 11.1 Å². The summed E-state index contributed by atoms with van der Waals surface area (Å²) >= 11 is 5.73. The maximum Gasteiger partial charge on any atom is 0.326 e. The molecule has 3 amide bonds. The average molecular weight is 290 g/mol. The molecule has 0 unspecified atom stereocenters. The minimum Gasteiger partial charge on any atom is -0.398 e. The summed E-state index contributed by atoms with van der Waals surface area (Å²) in [5.74, 6) is -0.561. The molecule has 0 aliphatic heterocycles. The van der Waals surface area contributed by atoms with Crippen molar-refractivity contribution in [2.24, 2.45) is 0 Å². The lowest BCUT2D eigenvalue weighted by Gasteiger charge is -2.08. The molecule has 0 saturated heterocycles. The Morgan fingerprint density at radius 1 is 1.00 bits per heavy atom. The zero-order chi connectivity index (χ0) is 14.5. The van der Waals surface area contributed by atoms with Crippen molar-refractivity contribution in [1.82, 2.24) is 5.32 Å². The molecule has 0 bridgehead atoms. The number of urea groups is 1. The molecule has 0 heterocycles. The van der Waals surface area contributed by atoms with E-state index in [1.54, 1.807) is 48.5 Å². The van der Waals surface area contributed by atoms with Gasteiger partial charge in [0.25, 0.3) is 5.91 Å². The highest BCUT2D eigenvalue weighted by atomic mass is 35.5. The molecule has 4 N–H and O–H groups in total. The van der Waals surface area contributed by atoms with E-state index in [-0.39, 0.29) is 5.56 Å². The van der Waals surface area contributed by atoms with Crippen LogP contribution in [0.2, 0.25) is 5.02 Å². The second-order valence-electron chi connectivity index (χ2n) is 4.00. The predicted octanol–water partition coefficient (Wildman–Crippen LogP) is 2.88. The van der Waals surface area contributed by atoms with Crippen LogP contribution in [0.25, 0.3) is 0 Å². The van der Waals surface area contributed by atoms with Crippen LogP contribution < -0.4 is 16.4 Å². The number of amides is 3. The Morgan fingerprint density at radius 3 is 2.30 bits per heavy atom. The highest BCUT2D eigenvalue weighted by molar-refractivity contribution is 6.30. The first-order chi connectivity index (χ1) is 9.56. The van der Waals surface area contributed by atoms with Crippen molar-refractivity contribution >= 4 is 34.9 Å². The van der Waals surface area contributed by atoms with Crippen LogP contribution in [0.5, 0.6) is 0 Å². The number of anilines is 2. The van der Waals surface area contributed by atoms with Gasteiger partial charge in [0.2, 0.25) is 0 Å². The molecule has 0 radical (unpaired) electrons. The summed E-state index contributed by atoms with van der Waals surface area (Å²) in [4.78, 5) is 23.5. The molecule has 6 heteroatoms. The van der Waals surface area contributed by atoms with Crippen molar-refractivity contribution in [1.29, 1.82) is 0 Å². The first-order valence-corrected chi connectivity index (χ1v) is 6.16. The van der Waals surface area contributed by atoms with E-state index in [4.69, 9.17) is 17.3 Å². The van der Waals surface area contributed by atoms with E-state index in [0.717, 1.165) is 0 Å². The summed E-state index contributed by atoms with van der Waals surface area (Å²) in [5, 5.41) is 5.28. The fourth-order valence-corrected chi connectivity index (χ4v) is 1.70. The smallest absolute Gasteiger partial charge is 0.326 e. The van der Waals surface area contributed by atoms with E-state index >= 15 is 0 Å². The number of halogens is 1. The fourth-order valence-electron chi connectivity index (χ4n) is 1.57. The Labute approximate surface area is 120 Å². The lowest BCUT2D eigenvalue weighted by molar-refractivity contribution is 0.0968. The van der Waals surface area contributed by atoms with E-state index in [2.05, 4.69) is 10.6 Å². The van der Waals surface area contributed by atoms with Gasteiger partial charge in [-0.1, -0.05) is 23.7 Å². The van der Waals surface area contributed by atoms with Gasteiger partial charge in [-0.2, -0.15) is 0 Å². The minimum atomic E-state index is -0.638. The lowest BCUT2D eigenvalue weighted by atomic mass is 10.2. The summed E-state index contributed by atoms with van der Waals surface area (Å²) in [5.41, 5.74) is 6.75. The van der Waals surface area contributed by atoms with E-state index in [0.29, 0.717) is 16.4 Å². The summed E-state index contributed by atoms with van der Waals surface area (Å²) in [6.45, 7) is 0. The van der Waals surface area contributed by atoms with Crippen LogP contribution in [0.15, 0.2) is 48.5 Å². The number of carbonyl (C=O) groups excluding carboxylic acids is 2. The summed E-state index contributed by atoms with van der Waals surface area (Å²) in [6, 6.07) is 12.4. The number of nitrogens with one attached hydrogen (secondary N) is 2. The number of carbonyl (C=O) groups is 2. The quantitative estimate of drug-likeness (QED) is 0.743. The van der Waals surface area contributed by atoms with Crippen molar-refractivity contribution in [3.8, 4) is 0 Å². The number of benzene rings is 2. The standard InChI is InChI=1S/C14H12ClN3O2/c15-9-5-7-10(8-6-9)17-14(20)18-13(19)11-3-1-2-4-12(11)16/h1-8H,16H2,(H2,17,18,19,20). The maximum atomic E-state index is 11.8. The van der Waals surface area contributed by atoms with Gasteiger partial charge in [-0.25, -0.2) is 4.79 Å². The van der Waals surface area contributed by atoms with Gasteiger partial charge >= 0.3 is 6.03 Å². The van der Waals surface area contributed by atoms with Gasteiger partial charge in [0.1, 0.15) is 0 Å².